The largest absolute Gasteiger partial charge is 0.383 e. The Kier molecular flexibility index (Phi) is 3.44. The maximum absolute atomic E-state index is 12.1. The maximum Gasteiger partial charge on any atom is 0.350 e. The highest BCUT2D eigenvalue weighted by Gasteiger charge is 2.04. The monoisotopic (exact) mass is 278 g/mol. The fraction of sp³-hybridized carbons (Fsp3) is 0.125. The van der Waals surface area contributed by atoms with Gasteiger partial charge in [0.2, 0.25) is 0 Å². The van der Waals surface area contributed by atoms with Gasteiger partial charge in [-0.2, -0.15) is 0 Å². The molecule has 0 atom stereocenters. The molecule has 3 aromatic rings. The van der Waals surface area contributed by atoms with E-state index in [0.717, 1.165) is 11.3 Å². The van der Waals surface area contributed by atoms with Crippen molar-refractivity contribution in [2.24, 2.45) is 0 Å². The van der Waals surface area contributed by atoms with Crippen LogP contribution in [-0.4, -0.2) is 20.7 Å². The number of nitrogens with zero attached hydrogens (tertiary/aromatic N) is 3. The van der Waals surface area contributed by atoms with Gasteiger partial charge in [0.25, 0.3) is 0 Å². The van der Waals surface area contributed by atoms with E-state index in [2.05, 4.69) is 16.3 Å². The Morgan fingerprint density at radius 2 is 2.14 bits per heavy atom. The Morgan fingerprint density at radius 3 is 2.95 bits per heavy atom. The Balaban J connectivity index is 1.71. The molecule has 0 aliphatic heterocycles. The fourth-order valence-electron chi connectivity index (χ4n) is 2.14. The van der Waals surface area contributed by atoms with Crippen LogP contribution in [0, 0.1) is 12.3 Å². The average Bonchev–Trinajstić information content (AvgIpc) is 2.84. The Morgan fingerprint density at radius 1 is 1.24 bits per heavy atom. The van der Waals surface area contributed by atoms with Crippen molar-refractivity contribution < 1.29 is 0 Å². The van der Waals surface area contributed by atoms with Crippen molar-refractivity contribution in [3.8, 4) is 12.3 Å². The van der Waals surface area contributed by atoms with Gasteiger partial charge < -0.3 is 5.32 Å². The molecule has 0 saturated carbocycles. The number of terminal acetylenes is 1. The van der Waals surface area contributed by atoms with Crippen molar-refractivity contribution in [2.75, 3.05) is 11.9 Å². The summed E-state index contributed by atoms with van der Waals surface area (Å²) in [6.07, 6.45) is 7.08. The zero-order valence-corrected chi connectivity index (χ0v) is 11.4. The van der Waals surface area contributed by atoms with Crippen LogP contribution in [0.4, 0.5) is 5.69 Å². The lowest BCUT2D eigenvalue weighted by molar-refractivity contribution is 0.614. The number of nitrogens with one attached hydrogen (secondary N) is 1. The van der Waals surface area contributed by atoms with E-state index in [4.69, 9.17) is 6.42 Å². The molecular weight excluding hydrogens is 264 g/mol. The second kappa shape index (κ2) is 5.55. The number of hydrogen-bond acceptors (Lipinski definition) is 3. The number of pyridine rings is 1. The topological polar surface area (TPSA) is 51.3 Å². The minimum atomic E-state index is -0.134. The van der Waals surface area contributed by atoms with Gasteiger partial charge in [-0.15, -0.1) is 11.5 Å². The molecule has 0 spiro atoms. The van der Waals surface area contributed by atoms with Gasteiger partial charge in [0.15, 0.2) is 5.65 Å². The van der Waals surface area contributed by atoms with Crippen LogP contribution < -0.4 is 11.0 Å². The van der Waals surface area contributed by atoms with Gasteiger partial charge >= 0.3 is 5.69 Å². The zero-order chi connectivity index (χ0) is 14.7. The molecule has 0 aliphatic rings. The summed E-state index contributed by atoms with van der Waals surface area (Å²) in [5.74, 6) is 2.59. The third-order valence-corrected chi connectivity index (χ3v) is 3.17. The lowest BCUT2D eigenvalue weighted by Crippen LogP contribution is -2.24. The van der Waals surface area contributed by atoms with Crippen molar-refractivity contribution in [3.05, 3.63) is 64.7 Å². The number of benzene rings is 1. The molecule has 2 aromatic heterocycles. The van der Waals surface area contributed by atoms with Crippen LogP contribution in [0.15, 0.2) is 53.5 Å². The molecule has 0 unspecified atom stereocenters. The van der Waals surface area contributed by atoms with Crippen LogP contribution in [-0.2, 0) is 6.54 Å². The Labute approximate surface area is 121 Å². The quantitative estimate of drug-likeness (QED) is 0.737. The number of hydrogen-bond donors (Lipinski definition) is 1. The van der Waals surface area contributed by atoms with E-state index in [-0.39, 0.29) is 5.69 Å². The van der Waals surface area contributed by atoms with E-state index in [0.29, 0.717) is 18.7 Å². The molecule has 5 heteroatoms. The second-order valence-electron chi connectivity index (χ2n) is 4.59. The molecule has 1 N–H and O–H groups in total. The number of rotatable bonds is 4. The molecule has 0 amide bonds. The van der Waals surface area contributed by atoms with E-state index in [9.17, 15) is 4.79 Å². The van der Waals surface area contributed by atoms with Gasteiger partial charge in [0.1, 0.15) is 0 Å². The van der Waals surface area contributed by atoms with Gasteiger partial charge in [0, 0.05) is 24.0 Å². The molecule has 0 aliphatic carbocycles. The van der Waals surface area contributed by atoms with Gasteiger partial charge in [-0.3, -0.25) is 4.40 Å². The van der Waals surface area contributed by atoms with Crippen LogP contribution in [0.3, 0.4) is 0 Å². The molecule has 104 valence electrons. The highest BCUT2D eigenvalue weighted by atomic mass is 16.2. The maximum atomic E-state index is 12.1. The molecule has 1 aromatic carbocycles. The van der Waals surface area contributed by atoms with Gasteiger partial charge in [-0.1, -0.05) is 18.1 Å². The van der Waals surface area contributed by atoms with Crippen LogP contribution in [0.2, 0.25) is 0 Å². The fourth-order valence-corrected chi connectivity index (χ4v) is 2.14. The first-order valence-electron chi connectivity index (χ1n) is 6.63. The summed E-state index contributed by atoms with van der Waals surface area (Å²) >= 11 is 0. The minimum absolute atomic E-state index is 0.134. The summed E-state index contributed by atoms with van der Waals surface area (Å²) in [4.78, 5) is 12.1. The third-order valence-electron chi connectivity index (χ3n) is 3.17. The van der Waals surface area contributed by atoms with E-state index in [1.165, 1.54) is 9.08 Å². The molecule has 21 heavy (non-hydrogen) atoms. The molecule has 0 bridgehead atoms. The van der Waals surface area contributed by atoms with E-state index in [1.54, 1.807) is 6.20 Å². The van der Waals surface area contributed by atoms with Crippen LogP contribution in [0.25, 0.3) is 5.65 Å². The van der Waals surface area contributed by atoms with Crippen molar-refractivity contribution in [3.63, 3.8) is 0 Å². The van der Waals surface area contributed by atoms with Crippen LogP contribution in [0.5, 0.6) is 0 Å². The summed E-state index contributed by atoms with van der Waals surface area (Å²) in [5, 5.41) is 7.51. The first-order valence-corrected chi connectivity index (χ1v) is 6.63. The summed E-state index contributed by atoms with van der Waals surface area (Å²) in [6.45, 7) is 1.08. The third kappa shape index (κ3) is 2.65. The van der Waals surface area contributed by atoms with Crippen molar-refractivity contribution in [1.82, 2.24) is 14.2 Å². The molecule has 3 rings (SSSR count). The van der Waals surface area contributed by atoms with Crippen molar-refractivity contribution in [1.29, 1.82) is 0 Å². The van der Waals surface area contributed by atoms with Crippen LogP contribution in [0.1, 0.15) is 5.56 Å². The average molecular weight is 278 g/mol. The number of anilines is 1. The van der Waals surface area contributed by atoms with Gasteiger partial charge in [0.05, 0.1) is 6.54 Å². The molecule has 2 heterocycles. The van der Waals surface area contributed by atoms with E-state index in [1.807, 2.05) is 42.5 Å². The second-order valence-corrected chi connectivity index (χ2v) is 4.59. The van der Waals surface area contributed by atoms with Gasteiger partial charge in [-0.25, -0.2) is 9.48 Å². The highest BCUT2D eigenvalue weighted by Crippen LogP contribution is 2.09. The minimum Gasteiger partial charge on any atom is -0.383 e. The van der Waals surface area contributed by atoms with Crippen molar-refractivity contribution >= 4 is 11.3 Å². The standard InChI is InChI=1S/C16H14N4O/c1-2-13-6-5-7-14(12-13)17-9-11-20-16(21)19-10-4-3-8-15(19)18-20/h1,3-8,10,12,17H,9,11H2. The molecule has 0 radical (unpaired) electrons. The summed E-state index contributed by atoms with van der Waals surface area (Å²) in [6, 6.07) is 13.1. The SMILES string of the molecule is C#Cc1cccc(NCCn2nc3ccccn3c2=O)c1. The van der Waals surface area contributed by atoms with E-state index < -0.39 is 0 Å². The van der Waals surface area contributed by atoms with Crippen molar-refractivity contribution in [2.45, 2.75) is 6.54 Å². The first-order chi connectivity index (χ1) is 10.3. The predicted octanol–water partition coefficient (Wildman–Crippen LogP) is 1.59. The van der Waals surface area contributed by atoms with Crippen LogP contribution >= 0.6 is 0 Å². The molecule has 0 fully saturated rings. The Hall–Kier alpha value is -3.00. The number of fused-ring (bicyclic) bond motifs is 1. The highest BCUT2D eigenvalue weighted by molar-refractivity contribution is 5.49. The molecule has 5 nitrogen and oxygen atoms in total. The summed E-state index contributed by atoms with van der Waals surface area (Å²) in [5.41, 5.74) is 2.27. The lowest BCUT2D eigenvalue weighted by Gasteiger charge is -2.06. The zero-order valence-electron chi connectivity index (χ0n) is 11.4. The molecule has 0 saturated heterocycles. The molecular formula is C16H14N4O. The first kappa shape index (κ1) is 13.0. The predicted molar refractivity (Wildman–Crippen MR) is 82.3 cm³/mol. The Bertz CT molecular complexity index is 870. The van der Waals surface area contributed by atoms with Gasteiger partial charge in [-0.05, 0) is 30.3 Å². The smallest absolute Gasteiger partial charge is 0.350 e. The number of aromatic nitrogens is 3. The van der Waals surface area contributed by atoms with E-state index >= 15 is 0 Å². The summed E-state index contributed by atoms with van der Waals surface area (Å²) in [7, 11) is 0. The normalized spacial score (nSPS) is 10.4. The summed E-state index contributed by atoms with van der Waals surface area (Å²) < 4.78 is 2.98. The lowest BCUT2D eigenvalue weighted by atomic mass is 10.2.